The van der Waals surface area contributed by atoms with Gasteiger partial charge in [0.15, 0.2) is 0 Å². The lowest BCUT2D eigenvalue weighted by atomic mass is 10.1. The zero-order valence-corrected chi connectivity index (χ0v) is 19.8. The zero-order chi connectivity index (χ0) is 23.9. The minimum atomic E-state index is -3.32. The number of hydrogen-bond donors (Lipinski definition) is 1. The maximum atomic E-state index is 12.9. The van der Waals surface area contributed by atoms with Crippen molar-refractivity contribution in [1.82, 2.24) is 18.8 Å². The van der Waals surface area contributed by atoms with Crippen molar-refractivity contribution in [2.75, 3.05) is 26.2 Å². The Morgan fingerprint density at radius 2 is 1.67 bits per heavy atom. The summed E-state index contributed by atoms with van der Waals surface area (Å²) >= 11 is 6.15. The van der Waals surface area contributed by atoms with Gasteiger partial charge in [0.2, 0.25) is 10.0 Å². The van der Waals surface area contributed by atoms with Crippen LogP contribution in [0.1, 0.15) is 34.7 Å². The highest BCUT2D eigenvalue weighted by Gasteiger charge is 2.31. The van der Waals surface area contributed by atoms with Crippen LogP contribution in [-0.2, 0) is 10.0 Å². The Labute approximate surface area is 196 Å². The van der Waals surface area contributed by atoms with Crippen LogP contribution in [0.4, 0.5) is 0 Å². The summed E-state index contributed by atoms with van der Waals surface area (Å²) in [5.41, 5.74) is 8.01. The molecule has 1 fully saturated rings. The maximum absolute atomic E-state index is 12.9. The summed E-state index contributed by atoms with van der Waals surface area (Å²) in [6.07, 6.45) is 0. The summed E-state index contributed by atoms with van der Waals surface area (Å²) in [5.74, 6) is -0.788. The van der Waals surface area contributed by atoms with Gasteiger partial charge in [0.25, 0.3) is 11.8 Å². The first kappa shape index (κ1) is 23.2. The van der Waals surface area contributed by atoms with E-state index in [9.17, 15) is 18.0 Å². The van der Waals surface area contributed by atoms with Crippen LogP contribution < -0.4 is 5.73 Å². The molecule has 2 N–H and O–H groups in total. The van der Waals surface area contributed by atoms with Crippen LogP contribution in [-0.4, -0.2) is 70.5 Å². The van der Waals surface area contributed by atoms with Gasteiger partial charge in [-0.2, -0.15) is 9.40 Å². The molecule has 0 saturated carbocycles. The Bertz CT molecular complexity index is 1330. The van der Waals surface area contributed by atoms with Crippen LogP contribution >= 0.6 is 11.6 Å². The fourth-order valence-corrected chi connectivity index (χ4v) is 5.30. The molecular formula is C22H24ClN5O4S. The minimum absolute atomic E-state index is 0.153. The van der Waals surface area contributed by atoms with E-state index in [4.69, 9.17) is 17.3 Å². The highest BCUT2D eigenvalue weighted by Crippen LogP contribution is 2.25. The Balaban J connectivity index is 1.50. The second-order valence-electron chi connectivity index (χ2n) is 8.12. The third kappa shape index (κ3) is 4.33. The number of aromatic nitrogens is 2. The van der Waals surface area contributed by atoms with Crippen molar-refractivity contribution in [3.05, 3.63) is 58.7 Å². The Morgan fingerprint density at radius 3 is 2.24 bits per heavy atom. The molecule has 2 amide bonds. The molecule has 3 aromatic rings. The molecule has 3 heterocycles. The molecule has 0 spiro atoms. The van der Waals surface area contributed by atoms with Crippen LogP contribution in [0.3, 0.4) is 0 Å². The third-order valence-electron chi connectivity index (χ3n) is 5.73. The predicted molar refractivity (Wildman–Crippen MR) is 126 cm³/mol. The second kappa shape index (κ2) is 8.77. The van der Waals surface area contributed by atoms with Crippen molar-refractivity contribution in [3.8, 4) is 11.3 Å². The molecule has 1 aliphatic rings. The zero-order valence-electron chi connectivity index (χ0n) is 18.2. The van der Waals surface area contributed by atoms with E-state index < -0.39 is 21.2 Å². The first-order valence-corrected chi connectivity index (χ1v) is 12.3. The molecule has 1 aliphatic heterocycles. The highest BCUT2D eigenvalue weighted by atomic mass is 35.5. The Kier molecular flexibility index (Phi) is 6.17. The van der Waals surface area contributed by atoms with E-state index in [-0.39, 0.29) is 24.7 Å². The summed E-state index contributed by atoms with van der Waals surface area (Å²) < 4.78 is 27.5. The van der Waals surface area contributed by atoms with Crippen LogP contribution in [0.15, 0.2) is 42.5 Å². The number of sulfonamides is 1. The molecule has 0 radical (unpaired) electrons. The standard InChI is InChI=1S/C22H24ClN5O4S/c1-14(2)33(31,32)27-11-9-26(10-12-27)22(30)16-5-3-15(4-6-16)18-7-8-19-17(23)13-20(21(24)29)28(19)25-18/h3-8,13-14H,9-12H2,1-2H3,(H2,24,29). The molecule has 11 heteroatoms. The number of nitrogens with two attached hydrogens (primary N) is 1. The minimum Gasteiger partial charge on any atom is -0.364 e. The lowest BCUT2D eigenvalue weighted by molar-refractivity contribution is 0.0697. The van der Waals surface area contributed by atoms with Crippen molar-refractivity contribution in [2.45, 2.75) is 19.1 Å². The summed E-state index contributed by atoms with van der Waals surface area (Å²) in [6.45, 7) is 4.57. The van der Waals surface area contributed by atoms with Gasteiger partial charge in [0, 0.05) is 37.3 Å². The predicted octanol–water partition coefficient (Wildman–Crippen LogP) is 2.25. The Morgan fingerprint density at radius 1 is 1.03 bits per heavy atom. The van der Waals surface area contributed by atoms with Gasteiger partial charge in [-0.25, -0.2) is 12.9 Å². The van der Waals surface area contributed by atoms with Gasteiger partial charge in [-0.15, -0.1) is 0 Å². The molecule has 174 valence electrons. The van der Waals surface area contributed by atoms with E-state index in [1.807, 2.05) is 0 Å². The van der Waals surface area contributed by atoms with Gasteiger partial charge < -0.3 is 10.6 Å². The van der Waals surface area contributed by atoms with Crippen LogP contribution in [0, 0.1) is 0 Å². The van der Waals surface area contributed by atoms with E-state index >= 15 is 0 Å². The molecule has 0 atom stereocenters. The summed E-state index contributed by atoms with van der Waals surface area (Å²) in [4.78, 5) is 26.2. The fraction of sp³-hybridized carbons (Fsp3) is 0.318. The number of carbonyl (C=O) groups is 2. The van der Waals surface area contributed by atoms with E-state index in [1.165, 1.54) is 14.9 Å². The summed E-state index contributed by atoms with van der Waals surface area (Å²) in [7, 11) is -3.32. The average Bonchev–Trinajstić information content (AvgIpc) is 3.15. The molecule has 4 rings (SSSR count). The van der Waals surface area contributed by atoms with E-state index in [0.717, 1.165) is 5.56 Å². The maximum Gasteiger partial charge on any atom is 0.267 e. The van der Waals surface area contributed by atoms with Gasteiger partial charge in [-0.3, -0.25) is 9.59 Å². The normalized spacial score (nSPS) is 15.3. The van der Waals surface area contributed by atoms with E-state index in [0.29, 0.717) is 34.9 Å². The van der Waals surface area contributed by atoms with Gasteiger partial charge in [-0.1, -0.05) is 23.7 Å². The van der Waals surface area contributed by atoms with Crippen molar-refractivity contribution in [2.24, 2.45) is 5.73 Å². The van der Waals surface area contributed by atoms with Gasteiger partial charge in [0.05, 0.1) is 21.5 Å². The van der Waals surface area contributed by atoms with E-state index in [2.05, 4.69) is 5.10 Å². The molecular weight excluding hydrogens is 466 g/mol. The number of halogens is 1. The number of carbonyl (C=O) groups excluding carboxylic acids is 2. The Hall–Kier alpha value is -2.95. The average molecular weight is 490 g/mol. The number of fused-ring (bicyclic) bond motifs is 1. The smallest absolute Gasteiger partial charge is 0.267 e. The lowest BCUT2D eigenvalue weighted by Crippen LogP contribution is -2.51. The molecule has 1 saturated heterocycles. The van der Waals surface area contributed by atoms with Gasteiger partial charge in [0.1, 0.15) is 5.69 Å². The van der Waals surface area contributed by atoms with Crippen LogP contribution in [0.25, 0.3) is 16.8 Å². The molecule has 2 aromatic heterocycles. The van der Waals surface area contributed by atoms with Crippen LogP contribution in [0.5, 0.6) is 0 Å². The number of hydrogen-bond acceptors (Lipinski definition) is 5. The van der Waals surface area contributed by atoms with Crippen molar-refractivity contribution < 1.29 is 18.0 Å². The first-order chi connectivity index (χ1) is 15.6. The van der Waals surface area contributed by atoms with Crippen molar-refractivity contribution in [3.63, 3.8) is 0 Å². The molecule has 1 aromatic carbocycles. The van der Waals surface area contributed by atoms with Gasteiger partial charge in [-0.05, 0) is 44.2 Å². The summed E-state index contributed by atoms with van der Waals surface area (Å²) in [5, 5.41) is 4.37. The SMILES string of the molecule is CC(C)S(=O)(=O)N1CCN(C(=O)c2ccc(-c3ccc4c(Cl)cc(C(N)=O)n4n3)cc2)CC1. The van der Waals surface area contributed by atoms with Crippen LogP contribution in [0.2, 0.25) is 5.02 Å². The number of nitrogens with zero attached hydrogens (tertiary/aromatic N) is 4. The second-order valence-corrected chi connectivity index (χ2v) is 11.0. The van der Waals surface area contributed by atoms with Gasteiger partial charge >= 0.3 is 0 Å². The summed E-state index contributed by atoms with van der Waals surface area (Å²) in [6, 6.07) is 12.0. The highest BCUT2D eigenvalue weighted by molar-refractivity contribution is 7.89. The number of primary amides is 1. The van der Waals surface area contributed by atoms with Crippen molar-refractivity contribution >= 4 is 39.0 Å². The molecule has 9 nitrogen and oxygen atoms in total. The van der Waals surface area contributed by atoms with E-state index in [1.54, 1.807) is 55.1 Å². The molecule has 0 unspecified atom stereocenters. The first-order valence-electron chi connectivity index (χ1n) is 10.5. The molecule has 33 heavy (non-hydrogen) atoms. The third-order valence-corrected chi connectivity index (χ3v) is 8.31. The number of amides is 2. The molecule has 0 aliphatic carbocycles. The molecule has 0 bridgehead atoms. The lowest BCUT2D eigenvalue weighted by Gasteiger charge is -2.35. The number of piperazine rings is 1. The largest absolute Gasteiger partial charge is 0.364 e. The fourth-order valence-electron chi connectivity index (χ4n) is 3.78. The number of benzene rings is 1. The topological polar surface area (TPSA) is 118 Å². The quantitative estimate of drug-likeness (QED) is 0.589. The monoisotopic (exact) mass is 489 g/mol. The number of rotatable bonds is 5. The van der Waals surface area contributed by atoms with Crippen molar-refractivity contribution in [1.29, 1.82) is 0 Å².